The first-order chi connectivity index (χ1) is 8.72. The van der Waals surface area contributed by atoms with Crippen molar-refractivity contribution in [3.8, 4) is 0 Å². The first kappa shape index (κ1) is 11.8. The quantitative estimate of drug-likeness (QED) is 0.886. The van der Waals surface area contributed by atoms with Crippen molar-refractivity contribution in [3.05, 3.63) is 18.2 Å². The maximum Gasteiger partial charge on any atom is 0.223 e. The van der Waals surface area contributed by atoms with Crippen LogP contribution in [0.15, 0.2) is 12.4 Å². The smallest absolute Gasteiger partial charge is 0.223 e. The lowest BCUT2D eigenvalue weighted by molar-refractivity contribution is -0.131. The number of nitrogens with zero attached hydrogens (tertiary/aromatic N) is 2. The number of hydrogen-bond acceptors (Lipinski definition) is 2. The summed E-state index contributed by atoms with van der Waals surface area (Å²) in [4.78, 5) is 21.2. The highest BCUT2D eigenvalue weighted by atomic mass is 16.2. The van der Waals surface area contributed by atoms with Gasteiger partial charge in [-0.3, -0.25) is 4.79 Å². The first-order valence-electron chi connectivity index (χ1n) is 6.94. The maximum atomic E-state index is 12.2. The normalized spacial score (nSPS) is 29.7. The topological polar surface area (TPSA) is 49.0 Å². The van der Waals surface area contributed by atoms with Crippen molar-refractivity contribution >= 4 is 5.91 Å². The summed E-state index contributed by atoms with van der Waals surface area (Å²) in [6.45, 7) is 0.590. The summed E-state index contributed by atoms with van der Waals surface area (Å²) in [5, 5.41) is 0. The van der Waals surface area contributed by atoms with Gasteiger partial charge in [0.05, 0.1) is 6.54 Å². The molecule has 4 nitrogen and oxygen atoms in total. The summed E-state index contributed by atoms with van der Waals surface area (Å²) in [7, 11) is 1.87. The third-order valence-corrected chi connectivity index (χ3v) is 4.69. The molecule has 3 atom stereocenters. The van der Waals surface area contributed by atoms with E-state index in [0.717, 1.165) is 24.1 Å². The van der Waals surface area contributed by atoms with E-state index >= 15 is 0 Å². The van der Waals surface area contributed by atoms with Gasteiger partial charge in [-0.25, -0.2) is 4.98 Å². The SMILES string of the molecule is CN(Cc1ncc[nH]1)C(=O)CC1CC2CCC1C2. The number of hydrogen-bond donors (Lipinski definition) is 1. The van der Waals surface area contributed by atoms with Gasteiger partial charge < -0.3 is 9.88 Å². The van der Waals surface area contributed by atoms with Crippen LogP contribution in [0, 0.1) is 17.8 Å². The predicted molar refractivity (Wildman–Crippen MR) is 68.6 cm³/mol. The van der Waals surface area contributed by atoms with Crippen LogP contribution < -0.4 is 0 Å². The van der Waals surface area contributed by atoms with Gasteiger partial charge in [-0.15, -0.1) is 0 Å². The van der Waals surface area contributed by atoms with Crippen molar-refractivity contribution in [2.75, 3.05) is 7.05 Å². The highest BCUT2D eigenvalue weighted by molar-refractivity contribution is 5.76. The summed E-state index contributed by atoms with van der Waals surface area (Å²) < 4.78 is 0. The molecule has 3 rings (SSSR count). The number of aromatic nitrogens is 2. The van der Waals surface area contributed by atoms with Gasteiger partial charge in [-0.05, 0) is 37.0 Å². The van der Waals surface area contributed by atoms with Crippen molar-refractivity contribution in [1.82, 2.24) is 14.9 Å². The molecule has 2 aliphatic carbocycles. The van der Waals surface area contributed by atoms with E-state index in [1.165, 1.54) is 25.7 Å². The van der Waals surface area contributed by atoms with E-state index in [9.17, 15) is 4.79 Å². The summed E-state index contributed by atoms with van der Waals surface area (Å²) >= 11 is 0. The fraction of sp³-hybridized carbons (Fsp3) is 0.714. The van der Waals surface area contributed by atoms with E-state index in [-0.39, 0.29) is 5.91 Å². The second-order valence-electron chi connectivity index (χ2n) is 5.92. The van der Waals surface area contributed by atoms with E-state index < -0.39 is 0 Å². The van der Waals surface area contributed by atoms with Gasteiger partial charge in [0.15, 0.2) is 0 Å². The zero-order valence-electron chi connectivity index (χ0n) is 10.9. The monoisotopic (exact) mass is 247 g/mol. The van der Waals surface area contributed by atoms with Crippen LogP contribution in [0.25, 0.3) is 0 Å². The maximum absolute atomic E-state index is 12.2. The third kappa shape index (κ3) is 2.28. The van der Waals surface area contributed by atoms with E-state index in [1.54, 1.807) is 17.3 Å². The Labute approximate surface area is 108 Å². The molecule has 1 amide bonds. The van der Waals surface area contributed by atoms with E-state index in [0.29, 0.717) is 12.5 Å². The molecule has 1 heterocycles. The van der Waals surface area contributed by atoms with Gasteiger partial charge in [0, 0.05) is 25.9 Å². The minimum atomic E-state index is 0.268. The second-order valence-corrected chi connectivity index (χ2v) is 5.92. The van der Waals surface area contributed by atoms with Crippen molar-refractivity contribution in [1.29, 1.82) is 0 Å². The fourth-order valence-electron chi connectivity index (χ4n) is 3.70. The molecule has 1 aromatic rings. The largest absolute Gasteiger partial charge is 0.347 e. The zero-order chi connectivity index (χ0) is 12.5. The van der Waals surface area contributed by atoms with Crippen LogP contribution in [0.4, 0.5) is 0 Å². The molecule has 2 bridgehead atoms. The molecule has 0 aliphatic heterocycles. The highest BCUT2D eigenvalue weighted by Crippen LogP contribution is 2.49. The second kappa shape index (κ2) is 4.75. The molecule has 2 saturated carbocycles. The lowest BCUT2D eigenvalue weighted by atomic mass is 9.86. The Morgan fingerprint density at radius 2 is 2.39 bits per heavy atom. The minimum Gasteiger partial charge on any atom is -0.347 e. The molecule has 0 saturated heterocycles. The molecule has 2 fully saturated rings. The van der Waals surface area contributed by atoms with Gasteiger partial charge in [0.2, 0.25) is 5.91 Å². The zero-order valence-corrected chi connectivity index (χ0v) is 10.9. The van der Waals surface area contributed by atoms with Gasteiger partial charge >= 0.3 is 0 Å². The Morgan fingerprint density at radius 3 is 3.00 bits per heavy atom. The number of rotatable bonds is 4. The Morgan fingerprint density at radius 1 is 1.50 bits per heavy atom. The van der Waals surface area contributed by atoms with E-state index in [1.807, 2.05) is 7.05 Å². The van der Waals surface area contributed by atoms with Crippen molar-refractivity contribution in [2.24, 2.45) is 17.8 Å². The minimum absolute atomic E-state index is 0.268. The fourth-order valence-corrected chi connectivity index (χ4v) is 3.70. The van der Waals surface area contributed by atoms with Crippen LogP contribution >= 0.6 is 0 Å². The molecule has 0 radical (unpaired) electrons. The molecular weight excluding hydrogens is 226 g/mol. The number of fused-ring (bicyclic) bond motifs is 2. The summed E-state index contributed by atoms with van der Waals surface area (Å²) in [5.41, 5.74) is 0. The number of carbonyl (C=O) groups excluding carboxylic acids is 1. The molecule has 1 aromatic heterocycles. The molecule has 1 N–H and O–H groups in total. The average molecular weight is 247 g/mol. The molecule has 18 heavy (non-hydrogen) atoms. The Bertz CT molecular complexity index is 415. The molecule has 98 valence electrons. The predicted octanol–water partition coefficient (Wildman–Crippen LogP) is 2.19. The number of H-pyrrole nitrogens is 1. The Hall–Kier alpha value is -1.32. The molecule has 0 spiro atoms. The Balaban J connectivity index is 1.52. The number of carbonyl (C=O) groups is 1. The summed E-state index contributed by atoms with van der Waals surface area (Å²) in [6.07, 6.45) is 9.67. The van der Waals surface area contributed by atoms with Crippen LogP contribution in [0.2, 0.25) is 0 Å². The number of nitrogens with one attached hydrogen (secondary N) is 1. The molecule has 4 heteroatoms. The van der Waals surface area contributed by atoms with E-state index in [4.69, 9.17) is 0 Å². The van der Waals surface area contributed by atoms with Crippen molar-refractivity contribution < 1.29 is 4.79 Å². The number of imidazole rings is 1. The Kier molecular flexibility index (Phi) is 3.10. The van der Waals surface area contributed by atoms with E-state index in [2.05, 4.69) is 9.97 Å². The van der Waals surface area contributed by atoms with Crippen LogP contribution in [0.1, 0.15) is 37.9 Å². The molecule has 2 aliphatic rings. The first-order valence-corrected chi connectivity index (χ1v) is 6.94. The van der Waals surface area contributed by atoms with Crippen molar-refractivity contribution in [3.63, 3.8) is 0 Å². The number of aromatic amines is 1. The summed E-state index contributed by atoms with van der Waals surface area (Å²) in [6, 6.07) is 0. The molecule has 3 unspecified atom stereocenters. The third-order valence-electron chi connectivity index (χ3n) is 4.69. The van der Waals surface area contributed by atoms with Gasteiger partial charge in [0.25, 0.3) is 0 Å². The van der Waals surface area contributed by atoms with Gasteiger partial charge in [-0.2, -0.15) is 0 Å². The summed E-state index contributed by atoms with van der Waals surface area (Å²) in [5.74, 6) is 3.53. The van der Waals surface area contributed by atoms with Gasteiger partial charge in [0.1, 0.15) is 5.82 Å². The molecular formula is C14H21N3O. The van der Waals surface area contributed by atoms with Gasteiger partial charge in [-0.1, -0.05) is 6.42 Å². The number of amides is 1. The van der Waals surface area contributed by atoms with Crippen LogP contribution in [-0.4, -0.2) is 27.8 Å². The van der Waals surface area contributed by atoms with Crippen LogP contribution in [0.3, 0.4) is 0 Å². The van der Waals surface area contributed by atoms with Crippen LogP contribution in [-0.2, 0) is 11.3 Å². The average Bonchev–Trinajstić information content (AvgIpc) is 3.04. The molecule has 0 aromatic carbocycles. The standard InChI is InChI=1S/C14H21N3O/c1-17(9-13-15-4-5-16-13)14(18)8-12-7-10-2-3-11(12)6-10/h4-5,10-12H,2-3,6-9H2,1H3,(H,15,16). The lowest BCUT2D eigenvalue weighted by Gasteiger charge is -2.24. The van der Waals surface area contributed by atoms with Crippen molar-refractivity contribution in [2.45, 2.75) is 38.6 Å². The highest BCUT2D eigenvalue weighted by Gasteiger charge is 2.40. The van der Waals surface area contributed by atoms with Crippen LogP contribution in [0.5, 0.6) is 0 Å². The lowest BCUT2D eigenvalue weighted by Crippen LogP contribution is -2.29.